The number of amides is 2. The summed E-state index contributed by atoms with van der Waals surface area (Å²) in [6.45, 7) is 1.55. The summed E-state index contributed by atoms with van der Waals surface area (Å²) in [5.74, 6) is 0. The number of nitrogens with one attached hydrogen (secondary N) is 2. The molecule has 0 aliphatic carbocycles. The van der Waals surface area contributed by atoms with Crippen LogP contribution in [0.4, 0.5) is 9.59 Å². The second kappa shape index (κ2) is 14.0. The maximum absolute atomic E-state index is 11.7. The van der Waals surface area contributed by atoms with Gasteiger partial charge >= 0.3 is 12.2 Å². The molecule has 0 atom stereocenters. The third-order valence-corrected chi connectivity index (χ3v) is 4.47. The van der Waals surface area contributed by atoms with E-state index in [-0.39, 0.29) is 19.3 Å². The van der Waals surface area contributed by atoms with E-state index in [2.05, 4.69) is 10.6 Å². The average molecular weight is 414 g/mol. The largest absolute Gasteiger partial charge is 0.445 e. The molecular formula is C23H31N3O4. The van der Waals surface area contributed by atoms with Crippen molar-refractivity contribution in [2.75, 3.05) is 13.1 Å². The lowest BCUT2D eigenvalue weighted by atomic mass is 10.1. The Balaban J connectivity index is 1.42. The molecule has 0 aliphatic rings. The predicted molar refractivity (Wildman–Crippen MR) is 116 cm³/mol. The molecule has 0 spiro atoms. The summed E-state index contributed by atoms with van der Waals surface area (Å²) in [6.07, 6.45) is 2.27. The molecule has 2 aromatic carbocycles. The second-order valence-electron chi connectivity index (χ2n) is 7.02. The fourth-order valence-corrected chi connectivity index (χ4v) is 2.80. The highest BCUT2D eigenvalue weighted by molar-refractivity contribution is 5.67. The molecule has 0 bridgehead atoms. The van der Waals surface area contributed by atoms with Crippen LogP contribution in [-0.4, -0.2) is 31.3 Å². The lowest BCUT2D eigenvalue weighted by Crippen LogP contribution is -2.29. The fraction of sp³-hybridized carbons (Fsp3) is 0.391. The van der Waals surface area contributed by atoms with Crippen molar-refractivity contribution in [1.29, 1.82) is 0 Å². The van der Waals surface area contributed by atoms with Gasteiger partial charge in [0.2, 0.25) is 0 Å². The van der Waals surface area contributed by atoms with Crippen LogP contribution in [0.1, 0.15) is 36.8 Å². The van der Waals surface area contributed by atoms with Crippen molar-refractivity contribution >= 4 is 12.2 Å². The van der Waals surface area contributed by atoms with Crippen LogP contribution in [0.15, 0.2) is 60.7 Å². The Hall–Kier alpha value is -3.06. The zero-order valence-corrected chi connectivity index (χ0v) is 17.2. The number of hydrogen-bond acceptors (Lipinski definition) is 5. The quantitative estimate of drug-likeness (QED) is 0.460. The van der Waals surface area contributed by atoms with Gasteiger partial charge in [-0.25, -0.2) is 9.59 Å². The van der Waals surface area contributed by atoms with E-state index in [1.807, 2.05) is 60.7 Å². The molecule has 2 rings (SSSR count). The van der Waals surface area contributed by atoms with Gasteiger partial charge in [-0.3, -0.25) is 0 Å². The molecule has 0 saturated heterocycles. The van der Waals surface area contributed by atoms with Gasteiger partial charge in [0, 0.05) is 19.1 Å². The Kier molecular flexibility index (Phi) is 10.8. The highest BCUT2D eigenvalue weighted by atomic mass is 16.6. The molecule has 0 fully saturated rings. The van der Waals surface area contributed by atoms with Gasteiger partial charge in [-0.15, -0.1) is 0 Å². The first-order valence-electron chi connectivity index (χ1n) is 10.3. The number of nitrogens with two attached hydrogens (primary N) is 1. The lowest BCUT2D eigenvalue weighted by Gasteiger charge is -2.12. The van der Waals surface area contributed by atoms with E-state index >= 15 is 0 Å². The van der Waals surface area contributed by atoms with Crippen molar-refractivity contribution in [3.05, 3.63) is 71.8 Å². The van der Waals surface area contributed by atoms with Crippen LogP contribution >= 0.6 is 0 Å². The molecule has 162 valence electrons. The Bertz CT molecular complexity index is 677. The van der Waals surface area contributed by atoms with Gasteiger partial charge < -0.3 is 25.8 Å². The van der Waals surface area contributed by atoms with E-state index in [4.69, 9.17) is 15.2 Å². The van der Waals surface area contributed by atoms with Gasteiger partial charge in [0.05, 0.1) is 0 Å². The van der Waals surface area contributed by atoms with Gasteiger partial charge in [-0.1, -0.05) is 60.7 Å². The zero-order chi connectivity index (χ0) is 21.4. The molecule has 0 aliphatic heterocycles. The molecule has 30 heavy (non-hydrogen) atoms. The number of alkyl carbamates (subject to hydrolysis) is 2. The van der Waals surface area contributed by atoms with Crippen molar-refractivity contribution in [2.24, 2.45) is 5.73 Å². The first-order chi connectivity index (χ1) is 14.6. The number of rotatable bonds is 12. The Morgan fingerprint density at radius 2 is 1.13 bits per heavy atom. The minimum atomic E-state index is -0.425. The van der Waals surface area contributed by atoms with E-state index in [9.17, 15) is 9.59 Å². The van der Waals surface area contributed by atoms with Gasteiger partial charge in [-0.2, -0.15) is 0 Å². The Labute approximate surface area is 177 Å². The summed E-state index contributed by atoms with van der Waals surface area (Å²) in [5, 5.41) is 5.46. The van der Waals surface area contributed by atoms with Crippen LogP contribution in [0, 0.1) is 0 Å². The smallest absolute Gasteiger partial charge is 0.407 e. The summed E-state index contributed by atoms with van der Waals surface area (Å²) in [6, 6.07) is 19.1. The van der Waals surface area contributed by atoms with Crippen LogP contribution in [0.25, 0.3) is 0 Å². The van der Waals surface area contributed by atoms with Gasteiger partial charge in [0.1, 0.15) is 13.2 Å². The number of ether oxygens (including phenoxy) is 2. The molecule has 0 radical (unpaired) electrons. The second-order valence-corrected chi connectivity index (χ2v) is 7.02. The molecular weight excluding hydrogens is 382 g/mol. The maximum Gasteiger partial charge on any atom is 0.407 e. The van der Waals surface area contributed by atoms with Crippen LogP contribution in [0.5, 0.6) is 0 Å². The summed E-state index contributed by atoms with van der Waals surface area (Å²) in [4.78, 5) is 23.3. The monoisotopic (exact) mass is 413 g/mol. The van der Waals surface area contributed by atoms with Gasteiger partial charge in [-0.05, 0) is 36.8 Å². The van der Waals surface area contributed by atoms with E-state index in [0.717, 1.165) is 36.8 Å². The summed E-state index contributed by atoms with van der Waals surface area (Å²) < 4.78 is 10.3. The first kappa shape index (κ1) is 23.2. The molecule has 2 amide bonds. The van der Waals surface area contributed by atoms with Gasteiger partial charge in [0.25, 0.3) is 0 Å². The van der Waals surface area contributed by atoms with E-state index < -0.39 is 12.2 Å². The molecule has 4 N–H and O–H groups in total. The number of carbonyl (C=O) groups is 2. The standard InChI is InChI=1S/C23H31N3O4/c24-21(13-7-15-25-22(27)29-17-19-9-3-1-4-10-19)14-8-16-26-23(28)30-18-20-11-5-2-6-12-20/h1-6,9-12,21H,7-8,13-18,24H2,(H,25,27)(H,26,28). The van der Waals surface area contributed by atoms with Crippen LogP contribution in [-0.2, 0) is 22.7 Å². The van der Waals surface area contributed by atoms with E-state index in [1.165, 1.54) is 0 Å². The van der Waals surface area contributed by atoms with Crippen molar-refractivity contribution < 1.29 is 19.1 Å². The average Bonchev–Trinajstić information content (AvgIpc) is 2.78. The first-order valence-corrected chi connectivity index (χ1v) is 10.3. The molecule has 7 nitrogen and oxygen atoms in total. The lowest BCUT2D eigenvalue weighted by molar-refractivity contribution is 0.139. The molecule has 0 aromatic heterocycles. The SMILES string of the molecule is NC(CCCNC(=O)OCc1ccccc1)CCCNC(=O)OCc1ccccc1. The Morgan fingerprint density at radius 3 is 1.53 bits per heavy atom. The minimum absolute atomic E-state index is 0.0225. The molecule has 7 heteroatoms. The highest BCUT2D eigenvalue weighted by Gasteiger charge is 2.06. The van der Waals surface area contributed by atoms with Crippen LogP contribution in [0.3, 0.4) is 0 Å². The number of hydrogen-bond donors (Lipinski definition) is 3. The maximum atomic E-state index is 11.7. The number of benzene rings is 2. The van der Waals surface area contributed by atoms with Crippen molar-refractivity contribution in [3.63, 3.8) is 0 Å². The van der Waals surface area contributed by atoms with Crippen molar-refractivity contribution in [2.45, 2.75) is 44.9 Å². The zero-order valence-electron chi connectivity index (χ0n) is 17.2. The summed E-state index contributed by atoms with van der Waals surface area (Å²) in [5.41, 5.74) is 7.99. The van der Waals surface area contributed by atoms with Crippen molar-refractivity contribution in [1.82, 2.24) is 10.6 Å². The van der Waals surface area contributed by atoms with Gasteiger partial charge in [0.15, 0.2) is 0 Å². The highest BCUT2D eigenvalue weighted by Crippen LogP contribution is 2.03. The van der Waals surface area contributed by atoms with E-state index in [0.29, 0.717) is 13.1 Å². The fourth-order valence-electron chi connectivity index (χ4n) is 2.80. The predicted octanol–water partition coefficient (Wildman–Crippen LogP) is 3.73. The molecule has 2 aromatic rings. The topological polar surface area (TPSA) is 103 Å². The molecule has 0 saturated carbocycles. The Morgan fingerprint density at radius 1 is 0.733 bits per heavy atom. The van der Waals surface area contributed by atoms with Crippen LogP contribution < -0.4 is 16.4 Å². The van der Waals surface area contributed by atoms with E-state index in [1.54, 1.807) is 0 Å². The molecule has 0 unspecified atom stereocenters. The third kappa shape index (κ3) is 10.5. The summed E-state index contributed by atoms with van der Waals surface area (Å²) >= 11 is 0. The number of carbonyl (C=O) groups excluding carboxylic acids is 2. The molecule has 0 heterocycles. The van der Waals surface area contributed by atoms with Crippen LogP contribution in [0.2, 0.25) is 0 Å². The summed E-state index contributed by atoms with van der Waals surface area (Å²) in [7, 11) is 0. The minimum Gasteiger partial charge on any atom is -0.445 e. The normalized spacial score (nSPS) is 10.5. The van der Waals surface area contributed by atoms with Crippen molar-refractivity contribution in [3.8, 4) is 0 Å². The third-order valence-electron chi connectivity index (χ3n) is 4.47.